The van der Waals surface area contributed by atoms with Gasteiger partial charge in [-0.3, -0.25) is 0 Å². The molecule has 114 valence electrons. The average molecular weight is 340 g/mol. The second-order valence-corrected chi connectivity index (χ2v) is 7.47. The molecule has 0 fully saturated rings. The average Bonchev–Trinajstić information content (AvgIpc) is 3.15. The van der Waals surface area contributed by atoms with Crippen LogP contribution in [0.3, 0.4) is 0 Å². The van der Waals surface area contributed by atoms with Crippen LogP contribution in [0.2, 0.25) is 0 Å². The molecule has 5 rings (SSSR count). The number of aryl methyl sites for hydroxylation is 2. The van der Waals surface area contributed by atoms with E-state index in [-0.39, 0.29) is 0 Å². The number of thiophene rings is 1. The molecule has 1 aliphatic rings. The van der Waals surface area contributed by atoms with E-state index in [0.717, 1.165) is 22.7 Å². The van der Waals surface area contributed by atoms with E-state index in [1.54, 1.807) is 28.4 Å². The van der Waals surface area contributed by atoms with Gasteiger partial charge in [-0.15, -0.1) is 16.4 Å². The zero-order valence-corrected chi connectivity index (χ0v) is 13.8. The fraction of sp³-hybridized carbons (Fsp3) is 0.267. The van der Waals surface area contributed by atoms with Crippen LogP contribution in [0.5, 0.6) is 0 Å². The van der Waals surface area contributed by atoms with E-state index in [0.29, 0.717) is 10.9 Å². The Hall–Kier alpha value is -2.06. The van der Waals surface area contributed by atoms with E-state index in [9.17, 15) is 0 Å². The van der Waals surface area contributed by atoms with Crippen molar-refractivity contribution < 1.29 is 0 Å². The normalized spacial score (nSPS) is 14.4. The summed E-state index contributed by atoms with van der Waals surface area (Å²) < 4.78 is 1.68. The van der Waals surface area contributed by atoms with Crippen molar-refractivity contribution in [3.8, 4) is 0 Å². The van der Waals surface area contributed by atoms with Crippen molar-refractivity contribution in [3.05, 3.63) is 35.2 Å². The van der Waals surface area contributed by atoms with E-state index < -0.39 is 0 Å². The molecule has 0 saturated carbocycles. The van der Waals surface area contributed by atoms with Crippen LogP contribution in [-0.2, 0) is 12.8 Å². The maximum absolute atomic E-state index is 4.50. The van der Waals surface area contributed by atoms with Gasteiger partial charge in [0, 0.05) is 22.7 Å². The van der Waals surface area contributed by atoms with Crippen molar-refractivity contribution in [1.29, 1.82) is 0 Å². The molecule has 4 heterocycles. The Morgan fingerprint density at radius 1 is 1.13 bits per heavy atom. The Balaban J connectivity index is 1.63. The third kappa shape index (κ3) is 2.21. The second-order valence-electron chi connectivity index (χ2n) is 5.43. The summed E-state index contributed by atoms with van der Waals surface area (Å²) in [5.41, 5.74) is 1.43. The summed E-state index contributed by atoms with van der Waals surface area (Å²) in [6.45, 7) is 0. The van der Waals surface area contributed by atoms with Crippen LogP contribution < -0.4 is 0 Å². The van der Waals surface area contributed by atoms with Gasteiger partial charge in [0.1, 0.15) is 16.2 Å². The van der Waals surface area contributed by atoms with Crippen LogP contribution >= 0.6 is 23.1 Å². The maximum Gasteiger partial charge on any atom is 0.253 e. The van der Waals surface area contributed by atoms with Gasteiger partial charge in [0.15, 0.2) is 0 Å². The first-order valence-electron chi connectivity index (χ1n) is 7.49. The molecular weight excluding hydrogens is 328 g/mol. The molecule has 4 aromatic heterocycles. The van der Waals surface area contributed by atoms with Gasteiger partial charge in [-0.05, 0) is 49.1 Å². The summed E-state index contributed by atoms with van der Waals surface area (Å²) in [6, 6.07) is 1.84. The van der Waals surface area contributed by atoms with Gasteiger partial charge in [-0.25, -0.2) is 19.5 Å². The van der Waals surface area contributed by atoms with E-state index in [1.165, 1.54) is 40.4 Å². The Labute approximate surface area is 140 Å². The number of hydrogen-bond donors (Lipinski definition) is 0. The summed E-state index contributed by atoms with van der Waals surface area (Å²) in [7, 11) is 0. The lowest BCUT2D eigenvalue weighted by molar-refractivity contribution is 0.699. The highest BCUT2D eigenvalue weighted by atomic mass is 32.2. The fourth-order valence-electron chi connectivity index (χ4n) is 2.98. The second kappa shape index (κ2) is 5.24. The lowest BCUT2D eigenvalue weighted by atomic mass is 9.97. The van der Waals surface area contributed by atoms with Crippen LogP contribution in [0.4, 0.5) is 0 Å². The molecule has 0 spiro atoms. The Morgan fingerprint density at radius 2 is 2.09 bits per heavy atom. The minimum atomic E-state index is 0.604. The molecular formula is C15H12N6S2. The van der Waals surface area contributed by atoms with Crippen molar-refractivity contribution in [2.45, 2.75) is 35.9 Å². The topological polar surface area (TPSA) is 68.9 Å². The van der Waals surface area contributed by atoms with Gasteiger partial charge in [0.25, 0.3) is 5.78 Å². The highest BCUT2D eigenvalue weighted by molar-refractivity contribution is 7.99. The van der Waals surface area contributed by atoms with Crippen molar-refractivity contribution in [1.82, 2.24) is 29.5 Å². The highest BCUT2D eigenvalue weighted by Crippen LogP contribution is 2.40. The molecule has 0 N–H and O–H groups in total. The van der Waals surface area contributed by atoms with Gasteiger partial charge < -0.3 is 0 Å². The monoisotopic (exact) mass is 340 g/mol. The Morgan fingerprint density at radius 3 is 3.04 bits per heavy atom. The smallest absolute Gasteiger partial charge is 0.229 e. The van der Waals surface area contributed by atoms with Crippen LogP contribution in [0.1, 0.15) is 23.3 Å². The SMILES string of the molecule is c1cnc2nc(Sc3ncnc4sc5c(c34)CCCC5)nn2c1. The van der Waals surface area contributed by atoms with Crippen LogP contribution in [0, 0.1) is 0 Å². The number of nitrogens with zero attached hydrogens (tertiary/aromatic N) is 6. The third-order valence-electron chi connectivity index (χ3n) is 4.00. The number of aromatic nitrogens is 6. The van der Waals surface area contributed by atoms with Crippen molar-refractivity contribution in [2.75, 3.05) is 0 Å². The van der Waals surface area contributed by atoms with Gasteiger partial charge in [0.05, 0.1) is 0 Å². The molecule has 4 aromatic rings. The van der Waals surface area contributed by atoms with Gasteiger partial charge in [0.2, 0.25) is 5.16 Å². The van der Waals surface area contributed by atoms with Crippen molar-refractivity contribution in [2.24, 2.45) is 0 Å². The molecule has 0 amide bonds. The quantitative estimate of drug-likeness (QED) is 0.522. The molecule has 0 radical (unpaired) electrons. The van der Waals surface area contributed by atoms with Gasteiger partial charge in [-0.2, -0.15) is 4.98 Å². The van der Waals surface area contributed by atoms with Crippen LogP contribution in [0.15, 0.2) is 35.0 Å². The standard InChI is InChI=1S/C15H12N6S2/c1-2-5-10-9(4-1)11-12(22-10)17-8-18-13(11)23-15-19-14-16-6-3-7-21(14)20-15/h3,6-8H,1-2,4-5H2. The Kier molecular flexibility index (Phi) is 3.05. The molecule has 0 atom stereocenters. The molecule has 23 heavy (non-hydrogen) atoms. The van der Waals surface area contributed by atoms with E-state index in [2.05, 4.69) is 25.0 Å². The zero-order chi connectivity index (χ0) is 15.2. The molecule has 0 aliphatic heterocycles. The van der Waals surface area contributed by atoms with E-state index in [1.807, 2.05) is 12.3 Å². The lowest BCUT2D eigenvalue weighted by Crippen LogP contribution is -1.99. The molecule has 0 unspecified atom stereocenters. The molecule has 6 nitrogen and oxygen atoms in total. The molecule has 0 saturated heterocycles. The van der Waals surface area contributed by atoms with E-state index in [4.69, 9.17) is 0 Å². The lowest BCUT2D eigenvalue weighted by Gasteiger charge is -2.10. The summed E-state index contributed by atoms with van der Waals surface area (Å²) in [5, 5.41) is 7.27. The number of rotatable bonds is 2. The zero-order valence-electron chi connectivity index (χ0n) is 12.1. The highest BCUT2D eigenvalue weighted by Gasteiger charge is 2.21. The Bertz CT molecular complexity index is 988. The maximum atomic E-state index is 4.50. The summed E-state index contributed by atoms with van der Waals surface area (Å²) in [6.07, 6.45) is 10.0. The minimum absolute atomic E-state index is 0.604. The minimum Gasteiger partial charge on any atom is -0.229 e. The van der Waals surface area contributed by atoms with Crippen LogP contribution in [0.25, 0.3) is 16.0 Å². The summed E-state index contributed by atoms with van der Waals surface area (Å²) >= 11 is 3.30. The van der Waals surface area contributed by atoms with Crippen LogP contribution in [-0.4, -0.2) is 29.5 Å². The number of fused-ring (bicyclic) bond motifs is 4. The largest absolute Gasteiger partial charge is 0.253 e. The molecule has 0 bridgehead atoms. The van der Waals surface area contributed by atoms with Crippen molar-refractivity contribution >= 4 is 39.1 Å². The molecule has 1 aliphatic carbocycles. The molecule has 0 aromatic carbocycles. The van der Waals surface area contributed by atoms with E-state index >= 15 is 0 Å². The summed E-state index contributed by atoms with van der Waals surface area (Å²) in [5.74, 6) is 0.604. The third-order valence-corrected chi connectivity index (χ3v) is 6.06. The fourth-order valence-corrected chi connectivity index (χ4v) is 5.13. The predicted molar refractivity (Wildman–Crippen MR) is 89.0 cm³/mol. The van der Waals surface area contributed by atoms with Gasteiger partial charge >= 0.3 is 0 Å². The van der Waals surface area contributed by atoms with Crippen molar-refractivity contribution in [3.63, 3.8) is 0 Å². The first-order chi connectivity index (χ1) is 11.4. The number of hydrogen-bond acceptors (Lipinski definition) is 7. The van der Waals surface area contributed by atoms with Gasteiger partial charge in [-0.1, -0.05) is 0 Å². The first kappa shape index (κ1) is 13.4. The summed E-state index contributed by atoms with van der Waals surface area (Å²) in [4.78, 5) is 20.2. The first-order valence-corrected chi connectivity index (χ1v) is 9.12. The molecule has 8 heteroatoms. The predicted octanol–water partition coefficient (Wildman–Crippen LogP) is 3.16.